The van der Waals surface area contributed by atoms with Crippen LogP contribution in [0.5, 0.6) is 0 Å². The van der Waals surface area contributed by atoms with E-state index >= 15 is 0 Å². The van der Waals surface area contributed by atoms with Crippen molar-refractivity contribution in [3.63, 3.8) is 0 Å². The summed E-state index contributed by atoms with van der Waals surface area (Å²) in [7, 11) is 1.61. The van der Waals surface area contributed by atoms with Gasteiger partial charge in [0.05, 0.1) is 0 Å². The van der Waals surface area contributed by atoms with Gasteiger partial charge in [-0.05, 0) is 11.3 Å². The summed E-state index contributed by atoms with van der Waals surface area (Å²) in [6.45, 7) is 0.135. The maximum atomic E-state index is 13.7. The molecule has 0 radical (unpaired) electrons. The minimum Gasteiger partial charge on any atom is -0.340 e. The second kappa shape index (κ2) is 6.99. The molecule has 7 heteroatoms. The molecule has 122 valence electrons. The fourth-order valence-electron chi connectivity index (χ4n) is 2.23. The van der Waals surface area contributed by atoms with Crippen molar-refractivity contribution in [3.8, 4) is 11.4 Å². The predicted molar refractivity (Wildman–Crippen MR) is 86.1 cm³/mol. The summed E-state index contributed by atoms with van der Waals surface area (Å²) in [5.74, 6) is -0.0992. The van der Waals surface area contributed by atoms with Crippen molar-refractivity contribution in [1.82, 2.24) is 25.1 Å². The van der Waals surface area contributed by atoms with Gasteiger partial charge in [-0.3, -0.25) is 4.79 Å². The number of carbonyl (C=O) groups excluding carboxylic acids is 1. The maximum absolute atomic E-state index is 13.7. The van der Waals surface area contributed by atoms with Crippen LogP contribution in [0, 0.1) is 5.82 Å². The Hall–Kier alpha value is -3.09. The van der Waals surface area contributed by atoms with Crippen molar-refractivity contribution < 1.29 is 9.18 Å². The quantitative estimate of drug-likeness (QED) is 0.721. The summed E-state index contributed by atoms with van der Waals surface area (Å²) >= 11 is 0. The van der Waals surface area contributed by atoms with Gasteiger partial charge < -0.3 is 4.90 Å². The molecular formula is C17H16FN5O. The summed E-state index contributed by atoms with van der Waals surface area (Å²) in [6, 6.07) is 15.8. The van der Waals surface area contributed by atoms with Gasteiger partial charge in [0.2, 0.25) is 11.7 Å². The number of nitrogens with zero attached hydrogens (tertiary/aromatic N) is 5. The molecule has 1 heterocycles. The zero-order chi connectivity index (χ0) is 16.9. The summed E-state index contributed by atoms with van der Waals surface area (Å²) in [5, 5.41) is 12.0. The number of aromatic nitrogens is 4. The van der Waals surface area contributed by atoms with E-state index in [0.717, 1.165) is 5.56 Å². The monoisotopic (exact) mass is 325 g/mol. The summed E-state index contributed by atoms with van der Waals surface area (Å²) in [4.78, 5) is 14.9. The first-order valence-corrected chi connectivity index (χ1v) is 7.44. The first-order chi connectivity index (χ1) is 11.6. The van der Waals surface area contributed by atoms with Crippen molar-refractivity contribution in [3.05, 3.63) is 66.0 Å². The minimum absolute atomic E-state index is 0.0508. The molecule has 0 atom stereocenters. The highest BCUT2D eigenvalue weighted by atomic mass is 19.1. The van der Waals surface area contributed by atoms with Crippen LogP contribution in [0.15, 0.2) is 54.6 Å². The lowest BCUT2D eigenvalue weighted by molar-refractivity contribution is -0.131. The topological polar surface area (TPSA) is 63.9 Å². The Morgan fingerprint density at radius 2 is 1.83 bits per heavy atom. The van der Waals surface area contributed by atoms with Gasteiger partial charge in [-0.25, -0.2) is 4.39 Å². The average Bonchev–Trinajstić information content (AvgIpc) is 3.06. The molecular weight excluding hydrogens is 309 g/mol. The molecule has 0 unspecified atom stereocenters. The van der Waals surface area contributed by atoms with Gasteiger partial charge in [-0.15, -0.1) is 10.2 Å². The van der Waals surface area contributed by atoms with E-state index in [1.54, 1.807) is 25.2 Å². The average molecular weight is 325 g/mol. The van der Waals surface area contributed by atoms with E-state index in [2.05, 4.69) is 15.4 Å². The van der Waals surface area contributed by atoms with E-state index in [4.69, 9.17) is 0 Å². The van der Waals surface area contributed by atoms with Gasteiger partial charge in [0.15, 0.2) is 0 Å². The number of rotatable bonds is 5. The van der Waals surface area contributed by atoms with Crippen LogP contribution >= 0.6 is 0 Å². The molecule has 0 fully saturated rings. The van der Waals surface area contributed by atoms with E-state index in [1.165, 1.54) is 15.8 Å². The Labute approximate surface area is 138 Å². The molecule has 1 aromatic heterocycles. The van der Waals surface area contributed by atoms with Gasteiger partial charge in [0.1, 0.15) is 12.4 Å². The molecule has 0 bridgehead atoms. The van der Waals surface area contributed by atoms with Crippen LogP contribution in [-0.2, 0) is 17.9 Å². The van der Waals surface area contributed by atoms with Crippen LogP contribution in [-0.4, -0.2) is 38.1 Å². The third kappa shape index (κ3) is 3.62. The lowest BCUT2D eigenvalue weighted by Gasteiger charge is -2.17. The number of tetrazole rings is 1. The Balaban J connectivity index is 1.65. The third-order valence-electron chi connectivity index (χ3n) is 3.55. The molecule has 0 saturated heterocycles. The van der Waals surface area contributed by atoms with Gasteiger partial charge in [-0.2, -0.15) is 4.80 Å². The highest BCUT2D eigenvalue weighted by Gasteiger charge is 2.14. The predicted octanol–water partition coefficient (Wildman–Crippen LogP) is 2.14. The fourth-order valence-corrected chi connectivity index (χ4v) is 2.23. The third-order valence-corrected chi connectivity index (χ3v) is 3.55. The van der Waals surface area contributed by atoms with E-state index in [-0.39, 0.29) is 24.8 Å². The number of benzene rings is 2. The number of amides is 1. The van der Waals surface area contributed by atoms with Crippen LogP contribution in [0.25, 0.3) is 11.4 Å². The SMILES string of the molecule is CN(Cc1ccccc1F)C(=O)Cn1nnc(-c2ccccc2)n1. The fraction of sp³-hybridized carbons (Fsp3) is 0.176. The molecule has 0 saturated carbocycles. The lowest BCUT2D eigenvalue weighted by atomic mass is 10.2. The van der Waals surface area contributed by atoms with Crippen molar-refractivity contribution >= 4 is 5.91 Å². The van der Waals surface area contributed by atoms with Gasteiger partial charge in [0, 0.05) is 24.7 Å². The van der Waals surface area contributed by atoms with Crippen molar-refractivity contribution in [2.24, 2.45) is 0 Å². The van der Waals surface area contributed by atoms with E-state index in [1.807, 2.05) is 30.3 Å². The largest absolute Gasteiger partial charge is 0.340 e. The minimum atomic E-state index is -0.331. The van der Waals surface area contributed by atoms with E-state index in [9.17, 15) is 9.18 Å². The zero-order valence-corrected chi connectivity index (χ0v) is 13.1. The Morgan fingerprint density at radius 3 is 2.58 bits per heavy atom. The molecule has 0 aliphatic heterocycles. The highest BCUT2D eigenvalue weighted by Crippen LogP contribution is 2.12. The first-order valence-electron chi connectivity index (χ1n) is 7.44. The van der Waals surface area contributed by atoms with Gasteiger partial charge >= 0.3 is 0 Å². The number of hydrogen-bond donors (Lipinski definition) is 0. The van der Waals surface area contributed by atoms with E-state index in [0.29, 0.717) is 11.4 Å². The van der Waals surface area contributed by atoms with Crippen LogP contribution < -0.4 is 0 Å². The van der Waals surface area contributed by atoms with Gasteiger partial charge in [0.25, 0.3) is 0 Å². The Morgan fingerprint density at radius 1 is 1.12 bits per heavy atom. The van der Waals surface area contributed by atoms with E-state index < -0.39 is 0 Å². The molecule has 0 aliphatic rings. The molecule has 0 aliphatic carbocycles. The lowest BCUT2D eigenvalue weighted by Crippen LogP contribution is -2.30. The number of hydrogen-bond acceptors (Lipinski definition) is 4. The number of halogens is 1. The van der Waals surface area contributed by atoms with Crippen molar-refractivity contribution in [1.29, 1.82) is 0 Å². The smallest absolute Gasteiger partial charge is 0.246 e. The molecule has 0 spiro atoms. The van der Waals surface area contributed by atoms with Crippen molar-refractivity contribution in [2.75, 3.05) is 7.05 Å². The second-order valence-corrected chi connectivity index (χ2v) is 5.35. The number of likely N-dealkylation sites (N-methyl/N-ethyl adjacent to an activating group) is 1. The summed E-state index contributed by atoms with van der Waals surface area (Å²) < 4.78 is 13.7. The zero-order valence-electron chi connectivity index (χ0n) is 13.1. The molecule has 24 heavy (non-hydrogen) atoms. The number of carbonyl (C=O) groups is 1. The molecule has 6 nitrogen and oxygen atoms in total. The molecule has 3 rings (SSSR count). The standard InChI is InChI=1S/C17H16FN5O/c1-22(11-14-9-5-6-10-15(14)18)16(24)12-23-20-17(19-21-23)13-7-3-2-4-8-13/h2-10H,11-12H2,1H3. The second-order valence-electron chi connectivity index (χ2n) is 5.35. The van der Waals surface area contributed by atoms with Crippen LogP contribution in [0.3, 0.4) is 0 Å². The molecule has 1 amide bonds. The van der Waals surface area contributed by atoms with Gasteiger partial charge in [-0.1, -0.05) is 48.5 Å². The Bertz CT molecular complexity index is 834. The Kier molecular flexibility index (Phi) is 4.60. The highest BCUT2D eigenvalue weighted by molar-refractivity contribution is 5.75. The van der Waals surface area contributed by atoms with Crippen LogP contribution in [0.1, 0.15) is 5.56 Å². The molecule has 0 N–H and O–H groups in total. The molecule has 3 aromatic rings. The molecule has 2 aromatic carbocycles. The summed E-state index contributed by atoms with van der Waals surface area (Å²) in [5.41, 5.74) is 1.29. The van der Waals surface area contributed by atoms with Crippen LogP contribution in [0.4, 0.5) is 4.39 Å². The normalized spacial score (nSPS) is 10.6. The summed E-state index contributed by atoms with van der Waals surface area (Å²) in [6.07, 6.45) is 0. The van der Waals surface area contributed by atoms with Crippen LogP contribution in [0.2, 0.25) is 0 Å². The first kappa shape index (κ1) is 15.8. The van der Waals surface area contributed by atoms with Crippen molar-refractivity contribution in [2.45, 2.75) is 13.1 Å². The maximum Gasteiger partial charge on any atom is 0.246 e.